The van der Waals surface area contributed by atoms with E-state index in [1.807, 2.05) is 18.2 Å². The summed E-state index contributed by atoms with van der Waals surface area (Å²) in [5.74, 6) is 0.291. The van der Waals surface area contributed by atoms with Gasteiger partial charge >= 0.3 is 0 Å². The van der Waals surface area contributed by atoms with E-state index in [0.717, 1.165) is 5.39 Å². The summed E-state index contributed by atoms with van der Waals surface area (Å²) in [5, 5.41) is 11.8. The quantitative estimate of drug-likeness (QED) is 0.710. The van der Waals surface area contributed by atoms with Crippen LogP contribution in [0.3, 0.4) is 0 Å². The Morgan fingerprint density at radius 3 is 2.64 bits per heavy atom. The van der Waals surface area contributed by atoms with E-state index < -0.39 is 15.6 Å². The molecule has 2 aromatic carbocycles. The molecule has 0 saturated heterocycles. The molecule has 2 N–H and O–H groups in total. The van der Waals surface area contributed by atoms with Crippen LogP contribution in [0.2, 0.25) is 5.02 Å². The van der Waals surface area contributed by atoms with Crippen molar-refractivity contribution >= 4 is 32.6 Å². The first-order valence-corrected chi connectivity index (χ1v) is 9.52. The summed E-state index contributed by atoms with van der Waals surface area (Å²) < 4.78 is 33.2. The molecular weight excluding hydrogens is 362 g/mol. The summed E-state index contributed by atoms with van der Waals surface area (Å²) in [6, 6.07) is 13.7. The van der Waals surface area contributed by atoms with Crippen molar-refractivity contribution in [2.75, 3.05) is 6.54 Å². The van der Waals surface area contributed by atoms with Crippen LogP contribution < -0.4 is 4.72 Å². The van der Waals surface area contributed by atoms with Gasteiger partial charge < -0.3 is 9.52 Å². The number of para-hydroxylation sites is 1. The van der Waals surface area contributed by atoms with Crippen LogP contribution in [0.4, 0.5) is 0 Å². The van der Waals surface area contributed by atoms with Gasteiger partial charge in [-0.3, -0.25) is 0 Å². The van der Waals surface area contributed by atoms with Crippen LogP contribution in [0, 0.1) is 6.92 Å². The lowest BCUT2D eigenvalue weighted by Crippen LogP contribution is -2.38. The molecule has 1 atom stereocenters. The van der Waals surface area contributed by atoms with Crippen LogP contribution in [0.5, 0.6) is 0 Å². The second-order valence-electron chi connectivity index (χ2n) is 6.16. The average Bonchev–Trinajstić information content (AvgIpc) is 3.00. The number of hydrogen-bond acceptors (Lipinski definition) is 4. The zero-order chi connectivity index (χ0) is 18.2. The molecule has 0 spiro atoms. The third-order valence-corrected chi connectivity index (χ3v) is 5.78. The van der Waals surface area contributed by atoms with Gasteiger partial charge in [0.05, 0.1) is 4.90 Å². The van der Waals surface area contributed by atoms with Gasteiger partial charge in [-0.1, -0.05) is 35.9 Å². The first kappa shape index (κ1) is 17.9. The standard InChI is InChI=1S/C18H18ClNO4S/c1-12-7-8-14(19)10-16(12)25(22,23)20-11-18(2,21)17-9-13-5-3-4-6-15(13)24-17/h3-10,20-21H,11H2,1-2H3. The van der Waals surface area contributed by atoms with Crippen LogP contribution >= 0.6 is 11.6 Å². The van der Waals surface area contributed by atoms with Crippen LogP contribution in [-0.4, -0.2) is 20.1 Å². The maximum atomic E-state index is 12.5. The SMILES string of the molecule is Cc1ccc(Cl)cc1S(=O)(=O)NCC(C)(O)c1cc2ccccc2o1. The lowest BCUT2D eigenvalue weighted by atomic mass is 10.0. The monoisotopic (exact) mass is 379 g/mol. The number of rotatable bonds is 5. The Balaban J connectivity index is 1.84. The summed E-state index contributed by atoms with van der Waals surface area (Å²) in [6.45, 7) is 2.95. The maximum Gasteiger partial charge on any atom is 0.240 e. The van der Waals surface area contributed by atoms with Gasteiger partial charge in [0.15, 0.2) is 0 Å². The van der Waals surface area contributed by atoms with E-state index in [4.69, 9.17) is 16.0 Å². The number of benzene rings is 2. The van der Waals surface area contributed by atoms with Crippen molar-refractivity contribution < 1.29 is 17.9 Å². The Labute approximate surface area is 151 Å². The first-order valence-electron chi connectivity index (χ1n) is 7.66. The topological polar surface area (TPSA) is 79.5 Å². The minimum absolute atomic E-state index is 0.0837. The van der Waals surface area contributed by atoms with Gasteiger partial charge in [-0.15, -0.1) is 0 Å². The van der Waals surface area contributed by atoms with Crippen molar-refractivity contribution in [1.82, 2.24) is 4.72 Å². The summed E-state index contributed by atoms with van der Waals surface area (Å²) in [5.41, 5.74) is -0.301. The van der Waals surface area contributed by atoms with Crippen LogP contribution in [0.1, 0.15) is 18.2 Å². The van der Waals surface area contributed by atoms with Crippen molar-refractivity contribution in [3.05, 3.63) is 64.9 Å². The van der Waals surface area contributed by atoms with E-state index in [1.165, 1.54) is 13.0 Å². The Morgan fingerprint density at radius 2 is 1.92 bits per heavy atom. The van der Waals surface area contributed by atoms with E-state index in [9.17, 15) is 13.5 Å². The number of sulfonamides is 1. The molecule has 132 valence electrons. The van der Waals surface area contributed by atoms with Crippen molar-refractivity contribution in [3.63, 3.8) is 0 Å². The van der Waals surface area contributed by atoms with Crippen LogP contribution in [0.25, 0.3) is 11.0 Å². The number of aliphatic hydroxyl groups is 1. The fraction of sp³-hybridized carbons (Fsp3) is 0.222. The van der Waals surface area contributed by atoms with Crippen LogP contribution in [0.15, 0.2) is 57.8 Å². The molecule has 0 bridgehead atoms. The number of halogens is 1. The molecule has 3 rings (SSSR count). The smallest absolute Gasteiger partial charge is 0.240 e. The Morgan fingerprint density at radius 1 is 1.20 bits per heavy atom. The number of nitrogens with one attached hydrogen (secondary N) is 1. The fourth-order valence-electron chi connectivity index (χ4n) is 2.51. The van der Waals surface area contributed by atoms with E-state index >= 15 is 0 Å². The number of furan rings is 1. The third-order valence-electron chi connectivity index (χ3n) is 4.00. The lowest BCUT2D eigenvalue weighted by molar-refractivity contribution is 0.0412. The molecule has 0 aliphatic heterocycles. The number of fused-ring (bicyclic) bond motifs is 1. The second-order valence-corrected chi connectivity index (χ2v) is 8.33. The fourth-order valence-corrected chi connectivity index (χ4v) is 4.15. The minimum Gasteiger partial charge on any atom is -0.458 e. The molecule has 0 aliphatic rings. The molecule has 3 aromatic rings. The van der Waals surface area contributed by atoms with Gasteiger partial charge in [0, 0.05) is 17.0 Å². The van der Waals surface area contributed by atoms with Gasteiger partial charge in [0.2, 0.25) is 10.0 Å². The molecule has 0 amide bonds. The van der Waals surface area contributed by atoms with Crippen molar-refractivity contribution in [2.45, 2.75) is 24.3 Å². The van der Waals surface area contributed by atoms with E-state index in [2.05, 4.69) is 4.72 Å². The summed E-state index contributed by atoms with van der Waals surface area (Å²) in [7, 11) is -3.82. The molecule has 0 aliphatic carbocycles. The van der Waals surface area contributed by atoms with Gasteiger partial charge in [-0.25, -0.2) is 13.1 Å². The van der Waals surface area contributed by atoms with E-state index in [-0.39, 0.29) is 11.4 Å². The maximum absolute atomic E-state index is 12.5. The predicted molar refractivity (Wildman–Crippen MR) is 97.2 cm³/mol. The highest BCUT2D eigenvalue weighted by molar-refractivity contribution is 7.89. The third kappa shape index (κ3) is 3.72. The summed E-state index contributed by atoms with van der Waals surface area (Å²) >= 11 is 5.90. The summed E-state index contributed by atoms with van der Waals surface area (Å²) in [6.07, 6.45) is 0. The van der Waals surface area contributed by atoms with Gasteiger partial charge in [0.1, 0.15) is 16.9 Å². The molecule has 0 fully saturated rings. The predicted octanol–water partition coefficient (Wildman–Crippen LogP) is 3.58. The minimum atomic E-state index is -3.82. The lowest BCUT2D eigenvalue weighted by Gasteiger charge is -2.21. The molecule has 1 unspecified atom stereocenters. The summed E-state index contributed by atoms with van der Waals surface area (Å²) in [4.78, 5) is 0.0837. The Hall–Kier alpha value is -1.86. The van der Waals surface area contributed by atoms with Gasteiger partial charge in [-0.05, 0) is 43.7 Å². The molecule has 1 aromatic heterocycles. The largest absolute Gasteiger partial charge is 0.458 e. The highest BCUT2D eigenvalue weighted by Gasteiger charge is 2.30. The zero-order valence-electron chi connectivity index (χ0n) is 13.8. The van der Waals surface area contributed by atoms with Gasteiger partial charge in [-0.2, -0.15) is 0 Å². The molecule has 1 heterocycles. The van der Waals surface area contributed by atoms with E-state index in [1.54, 1.807) is 31.2 Å². The first-order chi connectivity index (χ1) is 11.7. The normalized spacial score (nSPS) is 14.6. The van der Waals surface area contributed by atoms with Crippen molar-refractivity contribution in [2.24, 2.45) is 0 Å². The van der Waals surface area contributed by atoms with Crippen molar-refractivity contribution in [3.8, 4) is 0 Å². The Bertz CT molecular complexity index is 991. The number of hydrogen-bond donors (Lipinski definition) is 2. The molecule has 7 heteroatoms. The molecular formula is C18H18ClNO4S. The zero-order valence-corrected chi connectivity index (χ0v) is 15.4. The van der Waals surface area contributed by atoms with E-state index in [0.29, 0.717) is 21.9 Å². The molecule has 25 heavy (non-hydrogen) atoms. The molecule has 0 saturated carbocycles. The Kier molecular flexibility index (Phi) is 4.64. The highest BCUT2D eigenvalue weighted by Crippen LogP contribution is 2.28. The van der Waals surface area contributed by atoms with Crippen molar-refractivity contribution in [1.29, 1.82) is 0 Å². The molecule has 0 radical (unpaired) electrons. The number of aryl methyl sites for hydroxylation is 1. The highest BCUT2D eigenvalue weighted by atomic mass is 35.5. The van der Waals surface area contributed by atoms with Gasteiger partial charge in [0.25, 0.3) is 0 Å². The molecule has 5 nitrogen and oxygen atoms in total. The van der Waals surface area contributed by atoms with Crippen LogP contribution in [-0.2, 0) is 15.6 Å². The second kappa shape index (κ2) is 6.46. The average molecular weight is 380 g/mol.